The topological polar surface area (TPSA) is 145 Å². The van der Waals surface area contributed by atoms with Crippen molar-refractivity contribution in [1.29, 1.82) is 0 Å². The van der Waals surface area contributed by atoms with E-state index in [0.29, 0.717) is 58.2 Å². The number of rotatable bonds is 24. The molecule has 0 spiro atoms. The molecule has 4 aliphatic rings. The molecular weight excluding hydrogens is 747 g/mol. The first-order valence-corrected chi connectivity index (χ1v) is 22.9. The van der Waals surface area contributed by atoms with Gasteiger partial charge in [-0.25, -0.2) is 4.79 Å². The molecule has 12 nitrogen and oxygen atoms in total. The van der Waals surface area contributed by atoms with E-state index in [1.54, 1.807) is 0 Å². The zero-order valence-electron chi connectivity index (χ0n) is 33.4. The molecule has 2 heterocycles. The number of hydrogen-bond donors (Lipinski definition) is 1. The summed E-state index contributed by atoms with van der Waals surface area (Å²) < 4.78 is 39.2. The van der Waals surface area contributed by atoms with E-state index in [2.05, 4.69) is 37.4 Å². The summed E-state index contributed by atoms with van der Waals surface area (Å²) >= 11 is 0. The number of allylic oxidation sites excluding steroid dienone is 3. The quantitative estimate of drug-likeness (QED) is 0.0453. The predicted octanol–water partition coefficient (Wildman–Crippen LogP) is 7.24. The highest BCUT2D eigenvalue weighted by Gasteiger charge is 2.42. The molecule has 0 aromatic rings. The van der Waals surface area contributed by atoms with Gasteiger partial charge in [0.05, 0.1) is 52.0 Å². The van der Waals surface area contributed by atoms with Crippen LogP contribution in [0.2, 0.25) is 0 Å². The summed E-state index contributed by atoms with van der Waals surface area (Å²) in [5, 5.41) is 3.43. The van der Waals surface area contributed by atoms with E-state index in [4.69, 9.17) is 33.2 Å². The molecule has 0 aromatic carbocycles. The third-order valence-corrected chi connectivity index (χ3v) is 13.8. The molecular formula is C41H65NO11S2. The van der Waals surface area contributed by atoms with Gasteiger partial charge in [0.15, 0.2) is 0 Å². The Morgan fingerprint density at radius 1 is 0.945 bits per heavy atom. The van der Waals surface area contributed by atoms with Gasteiger partial charge in [-0.15, -0.1) is 0 Å². The summed E-state index contributed by atoms with van der Waals surface area (Å²) in [5.41, 5.74) is 1.23. The number of fused-ring (bicyclic) bond motifs is 1. The van der Waals surface area contributed by atoms with Gasteiger partial charge in [-0.2, -0.15) is 0 Å². The second kappa shape index (κ2) is 25.2. The lowest BCUT2D eigenvalue weighted by atomic mass is 9.65. The molecule has 1 amide bonds. The Balaban J connectivity index is 1.02. The van der Waals surface area contributed by atoms with Crippen molar-refractivity contribution in [3.63, 3.8) is 0 Å². The lowest BCUT2D eigenvalue weighted by molar-refractivity contribution is -0.162. The summed E-state index contributed by atoms with van der Waals surface area (Å²) in [5.74, 6) is 1.35. The minimum absolute atomic E-state index is 0.0232. The van der Waals surface area contributed by atoms with E-state index in [9.17, 15) is 19.2 Å². The third-order valence-electron chi connectivity index (χ3n) is 10.8. The molecule has 55 heavy (non-hydrogen) atoms. The molecule has 5 unspecified atom stereocenters. The highest BCUT2D eigenvalue weighted by Crippen LogP contribution is 2.45. The van der Waals surface area contributed by atoms with Gasteiger partial charge in [0, 0.05) is 36.3 Å². The number of amides is 1. The molecule has 2 saturated heterocycles. The fourth-order valence-corrected chi connectivity index (χ4v) is 10.6. The maximum absolute atomic E-state index is 12.8. The standard InChI is InChI=1S/C41H65NO11S2/c1-5-29(3)40(45)53-36-25-28(2)24-31-11-10-30(4)35(39(31)36)13-12-32-26-33(27-38(44)51-32)52-41(46)42-15-16-47-17-18-48-19-20-49-21-22-50-37(43)9-7-6-8-34-14-23-54-55-34/h10-11,24,28-30,32-36,39H,5-9,12-23,25-27H2,1-4H3,(H,42,46)/t28-,29?,30?,32?,33?,34?,35+,36-,39-/m1/s1. The first kappa shape index (κ1) is 45.4. The van der Waals surface area contributed by atoms with Crippen LogP contribution in [0.3, 0.4) is 0 Å². The Hall–Kier alpha value is -2.26. The van der Waals surface area contributed by atoms with Crippen molar-refractivity contribution in [2.45, 2.75) is 122 Å². The lowest BCUT2D eigenvalue weighted by Crippen LogP contribution is -2.42. The number of ether oxygens (including phenoxy) is 7. The minimum atomic E-state index is -0.595. The number of esters is 3. The first-order valence-electron chi connectivity index (χ1n) is 20.5. The molecule has 1 N–H and O–H groups in total. The summed E-state index contributed by atoms with van der Waals surface area (Å²) in [4.78, 5) is 49.7. The van der Waals surface area contributed by atoms with Gasteiger partial charge in [-0.05, 0) is 68.3 Å². The average Bonchev–Trinajstić information content (AvgIpc) is 3.68. The normalized spacial score (nSPS) is 28.1. The average molecular weight is 812 g/mol. The maximum atomic E-state index is 12.8. The zero-order chi connectivity index (χ0) is 39.4. The lowest BCUT2D eigenvalue weighted by Gasteiger charge is -2.43. The van der Waals surface area contributed by atoms with Crippen LogP contribution >= 0.6 is 21.6 Å². The molecule has 312 valence electrons. The van der Waals surface area contributed by atoms with Crippen molar-refractivity contribution < 1.29 is 52.3 Å². The fraction of sp³-hybridized carbons (Fsp3) is 0.805. The van der Waals surface area contributed by atoms with Crippen LogP contribution in [0.15, 0.2) is 23.8 Å². The monoisotopic (exact) mass is 811 g/mol. The number of unbranched alkanes of at least 4 members (excludes halogenated alkanes) is 1. The van der Waals surface area contributed by atoms with Crippen LogP contribution in [0.5, 0.6) is 0 Å². The minimum Gasteiger partial charge on any atom is -0.463 e. The Labute approximate surface area is 336 Å². The highest BCUT2D eigenvalue weighted by molar-refractivity contribution is 8.77. The number of cyclic esters (lactones) is 1. The second-order valence-corrected chi connectivity index (χ2v) is 18.1. The van der Waals surface area contributed by atoms with E-state index in [-0.39, 0.29) is 80.0 Å². The molecule has 4 rings (SSSR count). The molecule has 0 saturated carbocycles. The molecule has 14 heteroatoms. The van der Waals surface area contributed by atoms with Gasteiger partial charge >= 0.3 is 24.0 Å². The molecule has 2 aliphatic carbocycles. The van der Waals surface area contributed by atoms with Crippen LogP contribution in [0.1, 0.15) is 98.3 Å². The SMILES string of the molecule is CCC(C)C(=O)O[C@@H]1C[C@H](C)C=C2C=CC(C)[C@H](CCC3CC(OC(=O)NCCOCCOCCOCCOC(=O)CCCCC4CCSS4)CC(=O)O3)[C@@H]21. The summed E-state index contributed by atoms with van der Waals surface area (Å²) in [6.07, 6.45) is 13.3. The van der Waals surface area contributed by atoms with Crippen molar-refractivity contribution in [3.05, 3.63) is 23.8 Å². The number of hydrogen-bond acceptors (Lipinski definition) is 13. The third kappa shape index (κ3) is 16.6. The van der Waals surface area contributed by atoms with Crippen LogP contribution in [-0.4, -0.2) is 106 Å². The molecule has 2 aliphatic heterocycles. The van der Waals surface area contributed by atoms with Crippen LogP contribution in [0.4, 0.5) is 4.79 Å². The first-order chi connectivity index (χ1) is 26.6. The van der Waals surface area contributed by atoms with Crippen molar-refractivity contribution in [2.24, 2.45) is 29.6 Å². The maximum Gasteiger partial charge on any atom is 0.407 e. The van der Waals surface area contributed by atoms with Gasteiger partial charge in [0.2, 0.25) is 0 Å². The number of alkyl carbamates (subject to hydrolysis) is 1. The van der Waals surface area contributed by atoms with Crippen LogP contribution in [0, 0.1) is 29.6 Å². The zero-order valence-corrected chi connectivity index (χ0v) is 35.0. The van der Waals surface area contributed by atoms with Crippen molar-refractivity contribution >= 4 is 45.6 Å². The molecule has 2 fully saturated rings. The Morgan fingerprint density at radius 3 is 2.42 bits per heavy atom. The van der Waals surface area contributed by atoms with Gasteiger partial charge in [0.1, 0.15) is 24.9 Å². The predicted molar refractivity (Wildman–Crippen MR) is 213 cm³/mol. The Kier molecular flexibility index (Phi) is 20.8. The number of carbonyl (C=O) groups is 4. The largest absolute Gasteiger partial charge is 0.463 e. The highest BCUT2D eigenvalue weighted by atomic mass is 33.1. The van der Waals surface area contributed by atoms with E-state index < -0.39 is 12.2 Å². The summed E-state index contributed by atoms with van der Waals surface area (Å²) in [6.45, 7) is 10.9. The summed E-state index contributed by atoms with van der Waals surface area (Å²) in [7, 11) is 3.92. The van der Waals surface area contributed by atoms with E-state index in [0.717, 1.165) is 37.4 Å². The van der Waals surface area contributed by atoms with Crippen molar-refractivity contribution in [2.75, 3.05) is 58.5 Å². The fourth-order valence-electron chi connectivity index (χ4n) is 7.60. The Morgan fingerprint density at radius 2 is 1.69 bits per heavy atom. The van der Waals surface area contributed by atoms with Crippen molar-refractivity contribution in [3.8, 4) is 0 Å². The van der Waals surface area contributed by atoms with Gasteiger partial charge < -0.3 is 38.5 Å². The molecule has 0 radical (unpaired) electrons. The molecule has 0 bridgehead atoms. The van der Waals surface area contributed by atoms with Crippen LogP contribution in [0.25, 0.3) is 0 Å². The number of nitrogens with one attached hydrogen (secondary N) is 1. The van der Waals surface area contributed by atoms with Crippen LogP contribution < -0.4 is 5.32 Å². The second-order valence-electron chi connectivity index (χ2n) is 15.3. The molecule has 0 aromatic heterocycles. The van der Waals surface area contributed by atoms with Crippen LogP contribution in [-0.2, 0) is 47.5 Å². The van der Waals surface area contributed by atoms with Gasteiger partial charge in [-0.3, -0.25) is 14.4 Å². The van der Waals surface area contributed by atoms with E-state index >= 15 is 0 Å². The summed E-state index contributed by atoms with van der Waals surface area (Å²) in [6, 6.07) is 0. The van der Waals surface area contributed by atoms with Gasteiger partial charge in [0.25, 0.3) is 0 Å². The van der Waals surface area contributed by atoms with E-state index in [1.165, 1.54) is 24.2 Å². The van der Waals surface area contributed by atoms with Crippen molar-refractivity contribution in [1.82, 2.24) is 5.32 Å². The van der Waals surface area contributed by atoms with Gasteiger partial charge in [-0.1, -0.05) is 73.9 Å². The van der Waals surface area contributed by atoms with E-state index in [1.807, 2.05) is 35.4 Å². The number of carbonyl (C=O) groups excluding carboxylic acids is 4. The Bertz CT molecular complexity index is 1260. The smallest absolute Gasteiger partial charge is 0.407 e. The molecule has 9 atom stereocenters.